The minimum atomic E-state index is -1.03. The van der Waals surface area contributed by atoms with E-state index in [9.17, 15) is 5.11 Å². The third kappa shape index (κ3) is 4.54. The smallest absolute Gasteiger partial charge is 0.134 e. The molecule has 0 aliphatic carbocycles. The average molecular weight is 317 g/mol. The standard InChI is InChI=1S/C17H23N3O3/c1-14-2-4-15(5-3-14)23-13-17(21)11-20(8-9-22-12-17)10-16-18-6-7-19-16/h2-7,21H,8-13H2,1H3,(H,18,19)/t17-/m1/s1. The summed E-state index contributed by atoms with van der Waals surface area (Å²) in [5.41, 5.74) is 0.145. The third-order valence-electron chi connectivity index (χ3n) is 3.90. The predicted octanol–water partition coefficient (Wildman–Crippen LogP) is 1.36. The van der Waals surface area contributed by atoms with Crippen molar-refractivity contribution in [2.24, 2.45) is 0 Å². The minimum Gasteiger partial charge on any atom is -0.490 e. The molecule has 1 aromatic heterocycles. The zero-order valence-corrected chi connectivity index (χ0v) is 13.4. The molecule has 23 heavy (non-hydrogen) atoms. The number of aromatic nitrogens is 2. The quantitative estimate of drug-likeness (QED) is 0.871. The van der Waals surface area contributed by atoms with Crippen LogP contribution in [0.1, 0.15) is 11.4 Å². The van der Waals surface area contributed by atoms with E-state index in [1.54, 1.807) is 12.4 Å². The molecule has 1 aliphatic heterocycles. The fourth-order valence-corrected chi connectivity index (χ4v) is 2.67. The monoisotopic (exact) mass is 317 g/mol. The Morgan fingerprint density at radius 1 is 1.39 bits per heavy atom. The van der Waals surface area contributed by atoms with Crippen LogP contribution in [0.25, 0.3) is 0 Å². The zero-order chi connectivity index (χ0) is 16.1. The molecule has 0 amide bonds. The van der Waals surface area contributed by atoms with Gasteiger partial charge in [-0.1, -0.05) is 17.7 Å². The molecule has 2 N–H and O–H groups in total. The molecule has 1 atom stereocenters. The summed E-state index contributed by atoms with van der Waals surface area (Å²) in [5.74, 6) is 1.64. The van der Waals surface area contributed by atoms with Crippen molar-refractivity contribution in [1.82, 2.24) is 14.9 Å². The first-order valence-electron chi connectivity index (χ1n) is 7.83. The Hall–Kier alpha value is -1.89. The largest absolute Gasteiger partial charge is 0.490 e. The number of H-pyrrole nitrogens is 1. The van der Waals surface area contributed by atoms with Crippen LogP contribution < -0.4 is 4.74 Å². The number of imidazole rings is 1. The molecule has 2 heterocycles. The molecule has 0 unspecified atom stereocenters. The number of hydrogen-bond acceptors (Lipinski definition) is 5. The number of aromatic amines is 1. The van der Waals surface area contributed by atoms with E-state index in [1.165, 1.54) is 5.56 Å². The second-order valence-electron chi connectivity index (χ2n) is 6.13. The van der Waals surface area contributed by atoms with Crippen molar-refractivity contribution < 1.29 is 14.6 Å². The van der Waals surface area contributed by atoms with E-state index < -0.39 is 5.60 Å². The van der Waals surface area contributed by atoms with Gasteiger partial charge in [0.2, 0.25) is 0 Å². The maximum atomic E-state index is 10.8. The summed E-state index contributed by atoms with van der Waals surface area (Å²) >= 11 is 0. The van der Waals surface area contributed by atoms with Crippen molar-refractivity contribution in [3.63, 3.8) is 0 Å². The highest BCUT2D eigenvalue weighted by atomic mass is 16.5. The summed E-state index contributed by atoms with van der Waals surface area (Å²) < 4.78 is 11.3. The van der Waals surface area contributed by atoms with Gasteiger partial charge in [0.1, 0.15) is 23.8 Å². The van der Waals surface area contributed by atoms with Crippen LogP contribution in [-0.2, 0) is 11.3 Å². The summed E-state index contributed by atoms with van der Waals surface area (Å²) in [6, 6.07) is 7.81. The fourth-order valence-electron chi connectivity index (χ4n) is 2.67. The zero-order valence-electron chi connectivity index (χ0n) is 13.4. The molecule has 6 nitrogen and oxygen atoms in total. The van der Waals surface area contributed by atoms with Crippen molar-refractivity contribution in [2.75, 3.05) is 32.9 Å². The van der Waals surface area contributed by atoms with Gasteiger partial charge < -0.3 is 19.6 Å². The second-order valence-corrected chi connectivity index (χ2v) is 6.13. The Morgan fingerprint density at radius 2 is 2.22 bits per heavy atom. The van der Waals surface area contributed by atoms with Crippen LogP contribution >= 0.6 is 0 Å². The molecule has 1 fully saturated rings. The molecule has 3 rings (SSSR count). The first kappa shape index (κ1) is 16.0. The number of ether oxygens (including phenoxy) is 2. The molecule has 2 aromatic rings. The lowest BCUT2D eigenvalue weighted by Gasteiger charge is -2.30. The van der Waals surface area contributed by atoms with Gasteiger partial charge in [0.05, 0.1) is 19.8 Å². The highest BCUT2D eigenvalue weighted by molar-refractivity contribution is 5.26. The van der Waals surface area contributed by atoms with Gasteiger partial charge >= 0.3 is 0 Å². The second kappa shape index (κ2) is 7.12. The molecule has 0 radical (unpaired) electrons. The van der Waals surface area contributed by atoms with Gasteiger partial charge in [-0.3, -0.25) is 4.90 Å². The Balaban J connectivity index is 1.60. The van der Waals surface area contributed by atoms with Gasteiger partial charge in [-0.15, -0.1) is 0 Å². The summed E-state index contributed by atoms with van der Waals surface area (Å²) in [7, 11) is 0. The first-order valence-corrected chi connectivity index (χ1v) is 7.83. The number of β-amino-alcohol motifs (C(OH)–C–C–N with tert-alkyl or cyclic N) is 1. The molecule has 6 heteroatoms. The van der Waals surface area contributed by atoms with Crippen LogP contribution in [0.2, 0.25) is 0 Å². The van der Waals surface area contributed by atoms with E-state index in [0.717, 1.165) is 18.1 Å². The average Bonchev–Trinajstić information content (AvgIpc) is 2.97. The van der Waals surface area contributed by atoms with Gasteiger partial charge in [0, 0.05) is 25.5 Å². The van der Waals surface area contributed by atoms with E-state index in [2.05, 4.69) is 14.9 Å². The number of rotatable bonds is 5. The summed E-state index contributed by atoms with van der Waals surface area (Å²) in [6.45, 7) is 4.99. The van der Waals surface area contributed by atoms with Crippen LogP contribution in [0.3, 0.4) is 0 Å². The number of benzene rings is 1. The van der Waals surface area contributed by atoms with Crippen LogP contribution in [0, 0.1) is 6.92 Å². The van der Waals surface area contributed by atoms with Gasteiger partial charge in [0.25, 0.3) is 0 Å². The van der Waals surface area contributed by atoms with Crippen molar-refractivity contribution in [3.8, 4) is 5.75 Å². The van der Waals surface area contributed by atoms with E-state index >= 15 is 0 Å². The lowest BCUT2D eigenvalue weighted by Crippen LogP contribution is -2.48. The Labute approximate surface area is 136 Å². The highest BCUT2D eigenvalue weighted by Gasteiger charge is 2.33. The van der Waals surface area contributed by atoms with Crippen molar-refractivity contribution >= 4 is 0 Å². The molecule has 1 aliphatic rings. The number of hydrogen-bond donors (Lipinski definition) is 2. The Kier molecular flexibility index (Phi) is 4.95. The fraction of sp³-hybridized carbons (Fsp3) is 0.471. The summed E-state index contributed by atoms with van der Waals surface area (Å²) in [6.07, 6.45) is 3.53. The minimum absolute atomic E-state index is 0.199. The van der Waals surface area contributed by atoms with E-state index in [0.29, 0.717) is 19.7 Å². The lowest BCUT2D eigenvalue weighted by atomic mass is 10.1. The lowest BCUT2D eigenvalue weighted by molar-refractivity contribution is -0.0648. The number of nitrogens with zero attached hydrogens (tertiary/aromatic N) is 2. The van der Waals surface area contributed by atoms with Crippen LogP contribution in [0.5, 0.6) is 5.75 Å². The predicted molar refractivity (Wildman–Crippen MR) is 86.3 cm³/mol. The topological polar surface area (TPSA) is 70.6 Å². The van der Waals surface area contributed by atoms with Gasteiger partial charge in [-0.25, -0.2) is 4.98 Å². The molecule has 0 bridgehead atoms. The molecule has 0 spiro atoms. The number of aryl methyl sites for hydroxylation is 1. The third-order valence-corrected chi connectivity index (χ3v) is 3.90. The SMILES string of the molecule is Cc1ccc(OC[C@]2(O)COCCN(Cc3ncc[nH]3)C2)cc1. The Bertz CT molecular complexity index is 600. The first-order chi connectivity index (χ1) is 11.1. The molecule has 0 saturated carbocycles. The Morgan fingerprint density at radius 3 is 2.96 bits per heavy atom. The van der Waals surface area contributed by atoms with Crippen LogP contribution in [0.15, 0.2) is 36.7 Å². The maximum Gasteiger partial charge on any atom is 0.134 e. The van der Waals surface area contributed by atoms with E-state index in [1.807, 2.05) is 31.2 Å². The summed E-state index contributed by atoms with van der Waals surface area (Å²) in [5, 5.41) is 10.8. The van der Waals surface area contributed by atoms with Gasteiger partial charge in [-0.05, 0) is 19.1 Å². The van der Waals surface area contributed by atoms with E-state index in [4.69, 9.17) is 9.47 Å². The van der Waals surface area contributed by atoms with Crippen LogP contribution in [-0.4, -0.2) is 58.5 Å². The number of aliphatic hydroxyl groups is 1. The highest BCUT2D eigenvalue weighted by Crippen LogP contribution is 2.18. The summed E-state index contributed by atoms with van der Waals surface area (Å²) in [4.78, 5) is 9.46. The van der Waals surface area contributed by atoms with Crippen LogP contribution in [0.4, 0.5) is 0 Å². The van der Waals surface area contributed by atoms with Crippen molar-refractivity contribution in [1.29, 1.82) is 0 Å². The molecule has 1 saturated heterocycles. The maximum absolute atomic E-state index is 10.8. The van der Waals surface area contributed by atoms with Crippen molar-refractivity contribution in [3.05, 3.63) is 48.0 Å². The van der Waals surface area contributed by atoms with Crippen molar-refractivity contribution in [2.45, 2.75) is 19.1 Å². The normalized spacial score (nSPS) is 22.7. The van der Waals surface area contributed by atoms with Gasteiger partial charge in [0.15, 0.2) is 0 Å². The molecular weight excluding hydrogens is 294 g/mol. The molecule has 124 valence electrons. The molecule has 1 aromatic carbocycles. The molecular formula is C17H23N3O3. The van der Waals surface area contributed by atoms with E-state index in [-0.39, 0.29) is 13.2 Å². The van der Waals surface area contributed by atoms with Gasteiger partial charge in [-0.2, -0.15) is 0 Å². The number of nitrogens with one attached hydrogen (secondary N) is 1.